The zero-order valence-electron chi connectivity index (χ0n) is 24.8. The number of ether oxygens (including phenoxy) is 2. The van der Waals surface area contributed by atoms with Gasteiger partial charge in [-0.25, -0.2) is 9.78 Å². The number of carboxylic acids is 1. The molecule has 44 heavy (non-hydrogen) atoms. The number of nitrogens with zero attached hydrogens (tertiary/aromatic N) is 2. The number of aromatic nitrogens is 2. The Morgan fingerprint density at radius 2 is 1.73 bits per heavy atom. The van der Waals surface area contributed by atoms with Gasteiger partial charge in [-0.3, -0.25) is 9.59 Å². The Balaban J connectivity index is 1.47. The molecule has 0 bridgehead atoms. The quantitative estimate of drug-likeness (QED) is 0.152. The fourth-order valence-corrected chi connectivity index (χ4v) is 5.31. The molecule has 224 valence electrons. The average molecular weight is 592 g/mol. The zero-order valence-corrected chi connectivity index (χ0v) is 24.8. The minimum atomic E-state index is -0.966. The topological polar surface area (TPSA) is 120 Å². The van der Waals surface area contributed by atoms with E-state index in [9.17, 15) is 19.5 Å². The largest absolute Gasteiger partial charge is 0.493 e. The maximum absolute atomic E-state index is 13.3. The second-order valence-corrected chi connectivity index (χ2v) is 10.3. The van der Waals surface area contributed by atoms with Gasteiger partial charge >= 0.3 is 5.97 Å². The minimum Gasteiger partial charge on any atom is -0.493 e. The van der Waals surface area contributed by atoms with E-state index in [-0.39, 0.29) is 22.4 Å². The number of hydrogen-bond acceptors (Lipinski definition) is 6. The monoisotopic (exact) mass is 591 g/mol. The lowest BCUT2D eigenvalue weighted by Gasteiger charge is -2.14. The van der Waals surface area contributed by atoms with Gasteiger partial charge in [0.25, 0.3) is 5.91 Å². The van der Waals surface area contributed by atoms with Crippen LogP contribution in [0.4, 0.5) is 5.69 Å². The van der Waals surface area contributed by atoms with Gasteiger partial charge in [-0.15, -0.1) is 0 Å². The smallest absolute Gasteiger partial charge is 0.336 e. The SMILES string of the molecule is CCCCc1nc2ccc(NC(=O)c3ccc(OC)c(OC)c3C=O)cc2n1Cc1ccc(-c2ccccc2C(=O)O)cc1. The van der Waals surface area contributed by atoms with Crippen LogP contribution in [0.3, 0.4) is 0 Å². The third kappa shape index (κ3) is 6.03. The van der Waals surface area contributed by atoms with Crippen molar-refractivity contribution >= 4 is 34.9 Å². The van der Waals surface area contributed by atoms with E-state index >= 15 is 0 Å². The fraction of sp³-hybridized carbons (Fsp3) is 0.200. The Kier molecular flexibility index (Phi) is 9.04. The number of aldehydes is 1. The van der Waals surface area contributed by atoms with Crippen LogP contribution < -0.4 is 14.8 Å². The van der Waals surface area contributed by atoms with Crippen molar-refractivity contribution in [3.63, 3.8) is 0 Å². The van der Waals surface area contributed by atoms with Gasteiger partial charge in [0, 0.05) is 18.7 Å². The second kappa shape index (κ2) is 13.2. The maximum Gasteiger partial charge on any atom is 0.336 e. The molecule has 5 aromatic rings. The highest BCUT2D eigenvalue weighted by Crippen LogP contribution is 2.33. The number of aromatic carboxylic acids is 1. The lowest BCUT2D eigenvalue weighted by Crippen LogP contribution is -2.15. The van der Waals surface area contributed by atoms with Gasteiger partial charge in [0.15, 0.2) is 17.8 Å². The van der Waals surface area contributed by atoms with Crippen LogP contribution in [0.1, 0.15) is 62.2 Å². The van der Waals surface area contributed by atoms with Gasteiger partial charge in [0.2, 0.25) is 0 Å². The summed E-state index contributed by atoms with van der Waals surface area (Å²) in [5.41, 5.74) is 5.25. The van der Waals surface area contributed by atoms with Crippen LogP contribution in [0.2, 0.25) is 0 Å². The first-order valence-corrected chi connectivity index (χ1v) is 14.3. The minimum absolute atomic E-state index is 0.103. The van der Waals surface area contributed by atoms with Crippen molar-refractivity contribution in [1.82, 2.24) is 9.55 Å². The molecule has 9 nitrogen and oxygen atoms in total. The van der Waals surface area contributed by atoms with Crippen LogP contribution in [0.5, 0.6) is 11.5 Å². The Bertz CT molecular complexity index is 1840. The molecule has 0 spiro atoms. The number of rotatable bonds is 12. The van der Waals surface area contributed by atoms with Crippen molar-refractivity contribution in [2.75, 3.05) is 19.5 Å². The number of carbonyl (C=O) groups excluding carboxylic acids is 2. The van der Waals surface area contributed by atoms with Crippen LogP contribution in [0.25, 0.3) is 22.2 Å². The number of aryl methyl sites for hydroxylation is 1. The van der Waals surface area contributed by atoms with Gasteiger partial charge in [-0.05, 0) is 59.5 Å². The highest BCUT2D eigenvalue weighted by Gasteiger charge is 2.20. The Morgan fingerprint density at radius 3 is 2.41 bits per heavy atom. The van der Waals surface area contributed by atoms with Gasteiger partial charge in [-0.1, -0.05) is 55.8 Å². The first-order valence-electron chi connectivity index (χ1n) is 14.3. The number of methoxy groups -OCH3 is 2. The Hall–Kier alpha value is -5.44. The summed E-state index contributed by atoms with van der Waals surface area (Å²) in [4.78, 5) is 41.8. The van der Waals surface area contributed by atoms with Crippen molar-refractivity contribution < 1.29 is 29.0 Å². The van der Waals surface area contributed by atoms with Crippen molar-refractivity contribution in [2.45, 2.75) is 32.7 Å². The molecule has 0 atom stereocenters. The number of carbonyl (C=O) groups is 3. The van der Waals surface area contributed by atoms with Crippen molar-refractivity contribution in [1.29, 1.82) is 0 Å². The molecule has 2 N–H and O–H groups in total. The van der Waals surface area contributed by atoms with Gasteiger partial charge in [0.05, 0.1) is 41.9 Å². The molecule has 1 amide bonds. The van der Waals surface area contributed by atoms with E-state index in [1.165, 1.54) is 20.3 Å². The molecule has 0 unspecified atom stereocenters. The standard InChI is InChI=1S/C35H33N3O6/c1-4-5-10-32-37-29-17-15-24(36-34(40)26-16-18-31(43-2)33(44-3)28(26)21-39)19-30(29)38(32)20-22-11-13-23(14-12-22)25-8-6-7-9-27(25)35(41)42/h6-9,11-19,21H,4-5,10,20H2,1-3H3,(H,36,40)(H,41,42). The molecule has 5 rings (SSSR count). The number of carboxylic acid groups (broad SMARTS) is 1. The zero-order chi connectivity index (χ0) is 31.2. The number of hydrogen-bond donors (Lipinski definition) is 2. The van der Waals surface area contributed by atoms with Crippen molar-refractivity contribution in [3.8, 4) is 22.6 Å². The molecule has 0 radical (unpaired) electrons. The number of nitrogens with one attached hydrogen (secondary N) is 1. The summed E-state index contributed by atoms with van der Waals surface area (Å²) in [7, 11) is 2.88. The van der Waals surface area contributed by atoms with Crippen LogP contribution in [0.15, 0.2) is 78.9 Å². The lowest BCUT2D eigenvalue weighted by atomic mass is 9.99. The molecule has 0 saturated carbocycles. The van der Waals surface area contributed by atoms with Crippen molar-refractivity contribution in [2.24, 2.45) is 0 Å². The number of amides is 1. The van der Waals surface area contributed by atoms with Crippen LogP contribution in [0, 0.1) is 0 Å². The molecule has 0 aliphatic rings. The number of anilines is 1. The molecule has 0 fully saturated rings. The van der Waals surface area contributed by atoms with E-state index in [1.807, 2.05) is 42.5 Å². The second-order valence-electron chi connectivity index (χ2n) is 10.3. The third-order valence-electron chi connectivity index (χ3n) is 7.55. The van der Waals surface area contributed by atoms with E-state index in [0.717, 1.165) is 47.2 Å². The first kappa shape index (κ1) is 30.0. The molecule has 1 heterocycles. The summed E-state index contributed by atoms with van der Waals surface area (Å²) in [6.45, 7) is 2.68. The van der Waals surface area contributed by atoms with E-state index in [4.69, 9.17) is 14.5 Å². The normalized spacial score (nSPS) is 10.9. The molecular weight excluding hydrogens is 558 g/mol. The molecule has 0 aliphatic carbocycles. The van der Waals surface area contributed by atoms with Crippen LogP contribution in [-0.4, -0.2) is 47.0 Å². The maximum atomic E-state index is 13.3. The van der Waals surface area contributed by atoms with Crippen LogP contribution in [-0.2, 0) is 13.0 Å². The Labute approximate surface area is 255 Å². The van der Waals surface area contributed by atoms with Crippen LogP contribution >= 0.6 is 0 Å². The molecule has 0 saturated heterocycles. The lowest BCUT2D eigenvalue weighted by molar-refractivity contribution is 0.0697. The predicted molar refractivity (Wildman–Crippen MR) is 169 cm³/mol. The summed E-state index contributed by atoms with van der Waals surface area (Å²) in [6.07, 6.45) is 3.38. The van der Waals surface area contributed by atoms with E-state index in [1.54, 1.807) is 30.3 Å². The average Bonchev–Trinajstić information content (AvgIpc) is 3.39. The predicted octanol–water partition coefficient (Wildman–Crippen LogP) is 6.87. The summed E-state index contributed by atoms with van der Waals surface area (Å²) < 4.78 is 12.8. The van der Waals surface area contributed by atoms with Gasteiger partial charge in [0.1, 0.15) is 5.82 Å². The number of fused-ring (bicyclic) bond motifs is 1. The van der Waals surface area contributed by atoms with E-state index in [0.29, 0.717) is 29.8 Å². The molecule has 1 aromatic heterocycles. The highest BCUT2D eigenvalue weighted by molar-refractivity contribution is 6.10. The number of benzene rings is 4. The molecule has 9 heteroatoms. The van der Waals surface area contributed by atoms with Gasteiger partial charge in [-0.2, -0.15) is 0 Å². The Morgan fingerprint density at radius 1 is 0.955 bits per heavy atom. The molecule has 4 aromatic carbocycles. The summed E-state index contributed by atoms with van der Waals surface area (Å²) in [5, 5.41) is 12.5. The van der Waals surface area contributed by atoms with E-state index < -0.39 is 11.9 Å². The molecule has 0 aliphatic heterocycles. The molecular formula is C35H33N3O6. The van der Waals surface area contributed by atoms with Crippen molar-refractivity contribution in [3.05, 3.63) is 107 Å². The highest BCUT2D eigenvalue weighted by atomic mass is 16.5. The summed E-state index contributed by atoms with van der Waals surface area (Å²) in [6, 6.07) is 23.5. The van der Waals surface area contributed by atoms with Gasteiger partial charge < -0.3 is 24.5 Å². The van der Waals surface area contributed by atoms with E-state index in [2.05, 4.69) is 16.8 Å². The fourth-order valence-electron chi connectivity index (χ4n) is 5.31. The number of imidazole rings is 1. The summed E-state index contributed by atoms with van der Waals surface area (Å²) in [5.74, 6) is 0.0686. The summed E-state index contributed by atoms with van der Waals surface area (Å²) >= 11 is 0. The number of unbranched alkanes of at least 4 members (excludes halogenated alkanes) is 1. The first-order chi connectivity index (χ1) is 21.4. The third-order valence-corrected chi connectivity index (χ3v) is 7.55.